The molecule has 0 aliphatic carbocycles. The van der Waals surface area contributed by atoms with Gasteiger partial charge in [-0.15, -0.1) is 0 Å². The molecule has 1 aliphatic rings. The molecule has 0 radical (unpaired) electrons. The van der Waals surface area contributed by atoms with Crippen LogP contribution in [-0.2, 0) is 17.8 Å². The predicted octanol–water partition coefficient (Wildman–Crippen LogP) is 3.89. The predicted molar refractivity (Wildman–Crippen MR) is 111 cm³/mol. The number of rotatable bonds is 8. The number of aromatic nitrogens is 1. The summed E-state index contributed by atoms with van der Waals surface area (Å²) in [5.74, 6) is 2.52. The lowest BCUT2D eigenvalue weighted by molar-refractivity contribution is 0.0320. The fourth-order valence-corrected chi connectivity index (χ4v) is 3.63. The Kier molecular flexibility index (Phi) is 6.44. The van der Waals surface area contributed by atoms with E-state index >= 15 is 0 Å². The fourth-order valence-electron chi connectivity index (χ4n) is 3.63. The highest BCUT2D eigenvalue weighted by Gasteiger charge is 2.18. The third-order valence-corrected chi connectivity index (χ3v) is 5.33. The van der Waals surface area contributed by atoms with E-state index in [1.54, 1.807) is 6.26 Å². The topological polar surface area (TPSA) is 54.9 Å². The number of hydrogen-bond donors (Lipinski definition) is 0. The normalized spacial score (nSPS) is 15.3. The van der Waals surface area contributed by atoms with E-state index in [0.717, 1.165) is 75.3 Å². The molecule has 1 fully saturated rings. The van der Waals surface area contributed by atoms with Crippen LogP contribution in [0.25, 0.3) is 11.5 Å². The molecule has 0 amide bonds. The highest BCUT2D eigenvalue weighted by atomic mass is 16.5. The molecule has 0 atom stereocenters. The summed E-state index contributed by atoms with van der Waals surface area (Å²) in [6, 6.07) is 12.2. The second kappa shape index (κ2) is 9.39. The molecule has 0 saturated carbocycles. The van der Waals surface area contributed by atoms with E-state index in [1.807, 2.05) is 31.2 Å². The summed E-state index contributed by atoms with van der Waals surface area (Å²) in [7, 11) is 0. The van der Waals surface area contributed by atoms with Crippen LogP contribution in [0.3, 0.4) is 0 Å². The van der Waals surface area contributed by atoms with E-state index in [1.165, 1.54) is 5.56 Å². The van der Waals surface area contributed by atoms with Crippen LogP contribution in [0.2, 0.25) is 0 Å². The molecule has 1 saturated heterocycles. The van der Waals surface area contributed by atoms with Crippen LogP contribution in [0.1, 0.15) is 22.8 Å². The van der Waals surface area contributed by atoms with Crippen LogP contribution in [0, 0.1) is 13.8 Å². The number of furan rings is 1. The molecule has 6 heteroatoms. The standard InChI is InChI=1S/C23H29N3O3/c1-18-5-3-6-20(15-18)23-24-22(19(2)29-23)17-26(16-21-7-4-12-28-21)9-8-25-10-13-27-14-11-25/h3-7,12,15H,8-11,13-14,16-17H2,1-2H3. The summed E-state index contributed by atoms with van der Waals surface area (Å²) in [6.07, 6.45) is 1.73. The van der Waals surface area contributed by atoms with Gasteiger partial charge in [-0.1, -0.05) is 17.7 Å². The van der Waals surface area contributed by atoms with Crippen molar-refractivity contribution in [1.29, 1.82) is 0 Å². The van der Waals surface area contributed by atoms with E-state index in [9.17, 15) is 0 Å². The summed E-state index contributed by atoms with van der Waals surface area (Å²) < 4.78 is 17.1. The van der Waals surface area contributed by atoms with Gasteiger partial charge in [0.2, 0.25) is 5.89 Å². The SMILES string of the molecule is Cc1cccc(-c2nc(CN(CCN3CCOCC3)Cc3ccco3)c(C)o2)c1. The third-order valence-electron chi connectivity index (χ3n) is 5.33. The van der Waals surface area contributed by atoms with Crippen LogP contribution in [0.4, 0.5) is 0 Å². The van der Waals surface area contributed by atoms with Gasteiger partial charge in [0.15, 0.2) is 0 Å². The summed E-state index contributed by atoms with van der Waals surface area (Å²) in [5.41, 5.74) is 3.20. The second-order valence-electron chi connectivity index (χ2n) is 7.64. The average Bonchev–Trinajstić information content (AvgIpc) is 3.37. The van der Waals surface area contributed by atoms with Gasteiger partial charge in [-0.3, -0.25) is 9.80 Å². The largest absolute Gasteiger partial charge is 0.468 e. The van der Waals surface area contributed by atoms with Crippen LogP contribution in [0.15, 0.2) is 51.5 Å². The van der Waals surface area contributed by atoms with Crippen molar-refractivity contribution in [3.05, 3.63) is 65.4 Å². The van der Waals surface area contributed by atoms with Crippen LogP contribution in [0.5, 0.6) is 0 Å². The lowest BCUT2D eigenvalue weighted by Crippen LogP contribution is -2.41. The van der Waals surface area contributed by atoms with Crippen molar-refractivity contribution in [1.82, 2.24) is 14.8 Å². The van der Waals surface area contributed by atoms with Crippen LogP contribution in [-0.4, -0.2) is 54.2 Å². The first-order chi connectivity index (χ1) is 14.2. The molecular weight excluding hydrogens is 366 g/mol. The summed E-state index contributed by atoms with van der Waals surface area (Å²) in [6.45, 7) is 11.1. The summed E-state index contributed by atoms with van der Waals surface area (Å²) >= 11 is 0. The van der Waals surface area contributed by atoms with E-state index < -0.39 is 0 Å². The fraction of sp³-hybridized carbons (Fsp3) is 0.435. The molecule has 1 aliphatic heterocycles. The summed E-state index contributed by atoms with van der Waals surface area (Å²) in [5, 5.41) is 0. The zero-order valence-corrected chi connectivity index (χ0v) is 17.3. The van der Waals surface area contributed by atoms with Gasteiger partial charge >= 0.3 is 0 Å². The highest BCUT2D eigenvalue weighted by molar-refractivity contribution is 5.54. The van der Waals surface area contributed by atoms with E-state index in [-0.39, 0.29) is 0 Å². The van der Waals surface area contributed by atoms with E-state index in [4.69, 9.17) is 18.6 Å². The van der Waals surface area contributed by atoms with Crippen molar-refractivity contribution in [3.8, 4) is 11.5 Å². The van der Waals surface area contributed by atoms with Gasteiger partial charge in [-0.2, -0.15) is 0 Å². The maximum Gasteiger partial charge on any atom is 0.226 e. The number of aryl methyl sites for hydroxylation is 2. The highest BCUT2D eigenvalue weighted by Crippen LogP contribution is 2.24. The number of hydrogen-bond acceptors (Lipinski definition) is 6. The van der Waals surface area contributed by atoms with Gasteiger partial charge in [-0.05, 0) is 38.1 Å². The van der Waals surface area contributed by atoms with Crippen LogP contribution < -0.4 is 0 Å². The molecule has 0 N–H and O–H groups in total. The van der Waals surface area contributed by atoms with E-state index in [0.29, 0.717) is 5.89 Å². The first-order valence-corrected chi connectivity index (χ1v) is 10.3. The van der Waals surface area contributed by atoms with Gasteiger partial charge in [0, 0.05) is 38.3 Å². The molecule has 3 aromatic rings. The molecule has 3 heterocycles. The van der Waals surface area contributed by atoms with Crippen molar-refractivity contribution in [3.63, 3.8) is 0 Å². The molecule has 6 nitrogen and oxygen atoms in total. The Bertz CT molecular complexity index is 898. The zero-order chi connectivity index (χ0) is 20.1. The molecule has 0 unspecified atom stereocenters. The number of benzene rings is 1. The molecule has 154 valence electrons. The third kappa shape index (κ3) is 5.35. The lowest BCUT2D eigenvalue weighted by atomic mass is 10.1. The smallest absolute Gasteiger partial charge is 0.226 e. The number of oxazole rings is 1. The average molecular weight is 396 g/mol. The van der Waals surface area contributed by atoms with Crippen molar-refractivity contribution in [2.24, 2.45) is 0 Å². The molecule has 4 rings (SSSR count). The van der Waals surface area contributed by atoms with Gasteiger partial charge in [-0.25, -0.2) is 4.98 Å². The monoisotopic (exact) mass is 395 g/mol. The van der Waals surface area contributed by atoms with Crippen molar-refractivity contribution in [2.75, 3.05) is 39.4 Å². The van der Waals surface area contributed by atoms with Gasteiger partial charge in [0.1, 0.15) is 11.5 Å². The maximum atomic E-state index is 6.00. The van der Waals surface area contributed by atoms with Gasteiger partial charge < -0.3 is 13.6 Å². The minimum Gasteiger partial charge on any atom is -0.468 e. The molecule has 2 aromatic heterocycles. The van der Waals surface area contributed by atoms with Crippen molar-refractivity contribution >= 4 is 0 Å². The minimum absolute atomic E-state index is 0.687. The molecular formula is C23H29N3O3. The number of nitrogens with zero attached hydrogens (tertiary/aromatic N) is 3. The Labute approximate surface area is 172 Å². The Morgan fingerprint density at radius 3 is 2.69 bits per heavy atom. The molecule has 1 aromatic carbocycles. The van der Waals surface area contributed by atoms with Crippen molar-refractivity contribution in [2.45, 2.75) is 26.9 Å². The van der Waals surface area contributed by atoms with Crippen LogP contribution >= 0.6 is 0 Å². The number of ether oxygens (including phenoxy) is 1. The molecule has 0 spiro atoms. The van der Waals surface area contributed by atoms with Gasteiger partial charge in [0.25, 0.3) is 0 Å². The second-order valence-corrected chi connectivity index (χ2v) is 7.64. The summed E-state index contributed by atoms with van der Waals surface area (Å²) in [4.78, 5) is 9.64. The number of morpholine rings is 1. The first kappa shape index (κ1) is 19.9. The van der Waals surface area contributed by atoms with E-state index in [2.05, 4.69) is 28.9 Å². The lowest BCUT2D eigenvalue weighted by Gasteiger charge is -2.29. The molecule has 29 heavy (non-hydrogen) atoms. The maximum absolute atomic E-state index is 6.00. The quantitative estimate of drug-likeness (QED) is 0.577. The molecule has 0 bridgehead atoms. The Morgan fingerprint density at radius 2 is 1.93 bits per heavy atom. The Hall–Kier alpha value is -2.41. The van der Waals surface area contributed by atoms with Crippen molar-refractivity contribution < 1.29 is 13.6 Å². The zero-order valence-electron chi connectivity index (χ0n) is 17.3. The first-order valence-electron chi connectivity index (χ1n) is 10.3. The minimum atomic E-state index is 0.687. The Morgan fingerprint density at radius 1 is 1.07 bits per heavy atom. The Balaban J connectivity index is 1.47. The van der Waals surface area contributed by atoms with Gasteiger partial charge in [0.05, 0.1) is 31.7 Å².